The van der Waals surface area contributed by atoms with E-state index < -0.39 is 6.36 Å². The second-order valence-corrected chi connectivity index (χ2v) is 4.36. The van der Waals surface area contributed by atoms with Gasteiger partial charge in [-0.05, 0) is 24.6 Å². The van der Waals surface area contributed by atoms with Crippen molar-refractivity contribution in [1.82, 2.24) is 5.32 Å². The predicted molar refractivity (Wildman–Crippen MR) is 67.3 cm³/mol. The van der Waals surface area contributed by atoms with E-state index in [-0.39, 0.29) is 17.3 Å². The molecule has 108 valence electrons. The predicted octanol–water partition coefficient (Wildman–Crippen LogP) is 2.44. The van der Waals surface area contributed by atoms with Gasteiger partial charge in [0, 0.05) is 30.4 Å². The van der Waals surface area contributed by atoms with Crippen molar-refractivity contribution in [1.29, 1.82) is 0 Å². The molecule has 0 saturated carbocycles. The summed E-state index contributed by atoms with van der Waals surface area (Å²) in [4.78, 5) is 11.9. The van der Waals surface area contributed by atoms with Crippen LogP contribution in [0.15, 0.2) is 35.4 Å². The maximum atomic E-state index is 12.1. The first-order valence-electron chi connectivity index (χ1n) is 5.91. The molecule has 1 aliphatic heterocycles. The summed E-state index contributed by atoms with van der Waals surface area (Å²) in [6.45, 7) is 3.01. The second-order valence-electron chi connectivity index (χ2n) is 4.36. The largest absolute Gasteiger partial charge is 0.573 e. The van der Waals surface area contributed by atoms with Crippen molar-refractivity contribution in [2.24, 2.45) is 0 Å². The molecule has 1 fully saturated rings. The van der Waals surface area contributed by atoms with E-state index in [4.69, 9.17) is 0 Å². The number of rotatable bonds is 3. The summed E-state index contributed by atoms with van der Waals surface area (Å²) in [6, 6.07) is 5.18. The number of hydrogen-bond donors (Lipinski definition) is 2. The third-order valence-electron chi connectivity index (χ3n) is 2.87. The minimum atomic E-state index is -4.75. The van der Waals surface area contributed by atoms with Crippen molar-refractivity contribution >= 4 is 11.6 Å². The molecular weight excluding hydrogens is 273 g/mol. The van der Waals surface area contributed by atoms with E-state index in [0.29, 0.717) is 18.7 Å². The summed E-state index contributed by atoms with van der Waals surface area (Å²) in [5, 5.41) is 5.56. The van der Waals surface area contributed by atoms with Crippen molar-refractivity contribution in [3.8, 4) is 5.75 Å². The highest BCUT2D eigenvalue weighted by atomic mass is 19.4. The van der Waals surface area contributed by atoms with Gasteiger partial charge in [0.1, 0.15) is 5.75 Å². The third kappa shape index (κ3) is 3.74. The number of alkyl halides is 3. The number of ether oxygens (including phenoxy) is 1. The van der Waals surface area contributed by atoms with Crippen LogP contribution in [0.25, 0.3) is 0 Å². The van der Waals surface area contributed by atoms with Gasteiger partial charge >= 0.3 is 6.36 Å². The topological polar surface area (TPSA) is 50.4 Å². The first kappa shape index (κ1) is 14.4. The van der Waals surface area contributed by atoms with E-state index in [2.05, 4.69) is 15.4 Å². The van der Waals surface area contributed by atoms with Crippen LogP contribution in [0, 0.1) is 0 Å². The molecule has 0 aromatic heterocycles. The molecule has 7 heteroatoms. The van der Waals surface area contributed by atoms with Gasteiger partial charge in [-0.15, -0.1) is 13.2 Å². The normalized spacial score (nSPS) is 14.5. The summed E-state index contributed by atoms with van der Waals surface area (Å²) in [7, 11) is 0. The molecule has 1 aromatic rings. The molecular formula is C13H13F3N2O2. The van der Waals surface area contributed by atoms with Crippen LogP contribution in [-0.2, 0) is 4.79 Å². The highest BCUT2D eigenvalue weighted by molar-refractivity contribution is 6.04. The Labute approximate surface area is 113 Å². The summed E-state index contributed by atoms with van der Waals surface area (Å²) in [6.07, 6.45) is -4.75. The van der Waals surface area contributed by atoms with Gasteiger partial charge in [0.15, 0.2) is 0 Å². The molecule has 20 heavy (non-hydrogen) atoms. The zero-order chi connectivity index (χ0) is 14.8. The van der Waals surface area contributed by atoms with Gasteiger partial charge in [0.2, 0.25) is 0 Å². The van der Waals surface area contributed by atoms with Crippen molar-refractivity contribution < 1.29 is 22.7 Å². The van der Waals surface area contributed by atoms with E-state index >= 15 is 0 Å². The molecule has 1 amide bonds. The lowest BCUT2D eigenvalue weighted by atomic mass is 10.0. The van der Waals surface area contributed by atoms with Crippen LogP contribution in [0.1, 0.15) is 6.92 Å². The molecule has 0 bridgehead atoms. The Bertz CT molecular complexity index is 547. The summed E-state index contributed by atoms with van der Waals surface area (Å²) >= 11 is 0. The first-order valence-corrected chi connectivity index (χ1v) is 5.91. The maximum absolute atomic E-state index is 12.1. The zero-order valence-corrected chi connectivity index (χ0v) is 10.7. The molecule has 1 heterocycles. The molecule has 0 aliphatic carbocycles. The number of benzene rings is 1. The van der Waals surface area contributed by atoms with Crippen LogP contribution < -0.4 is 15.4 Å². The Kier molecular flexibility index (Phi) is 3.99. The van der Waals surface area contributed by atoms with Gasteiger partial charge in [-0.1, -0.05) is 6.07 Å². The monoisotopic (exact) mass is 286 g/mol. The summed E-state index contributed by atoms with van der Waals surface area (Å²) < 4.78 is 40.1. The quantitative estimate of drug-likeness (QED) is 0.839. The zero-order valence-electron chi connectivity index (χ0n) is 10.7. The van der Waals surface area contributed by atoms with E-state index in [1.54, 1.807) is 6.92 Å². The Morgan fingerprint density at radius 3 is 2.60 bits per heavy atom. The standard InChI is InChI=1S/C13H13F3N2O2/c1-8(9-6-17-7-9)12(19)18-10-3-2-4-11(5-10)20-13(14,15)16/h2-5,17H,6-7H2,1H3,(H,18,19). The van der Waals surface area contributed by atoms with E-state index in [0.717, 1.165) is 11.6 Å². The van der Waals surface area contributed by atoms with Crippen LogP contribution >= 0.6 is 0 Å². The highest BCUT2D eigenvalue weighted by Gasteiger charge is 2.31. The first-order chi connectivity index (χ1) is 9.35. The molecule has 0 radical (unpaired) electrons. The average Bonchev–Trinajstić information content (AvgIpc) is 2.24. The van der Waals surface area contributed by atoms with Crippen molar-refractivity contribution in [2.45, 2.75) is 13.3 Å². The molecule has 1 aliphatic rings. The molecule has 0 unspecified atom stereocenters. The Hall–Kier alpha value is -2.02. The second kappa shape index (κ2) is 5.54. The number of carbonyl (C=O) groups is 1. The number of amides is 1. The molecule has 1 saturated heterocycles. The fourth-order valence-electron chi connectivity index (χ4n) is 1.67. The van der Waals surface area contributed by atoms with Gasteiger partial charge in [0.25, 0.3) is 5.91 Å². The lowest BCUT2D eigenvalue weighted by Gasteiger charge is -2.21. The minimum Gasteiger partial charge on any atom is -0.406 e. The summed E-state index contributed by atoms with van der Waals surface area (Å²) in [5.41, 5.74) is 1.82. The Balaban J connectivity index is 2.06. The van der Waals surface area contributed by atoms with Crippen molar-refractivity contribution in [2.75, 3.05) is 18.4 Å². The van der Waals surface area contributed by atoms with Crippen LogP contribution in [0.2, 0.25) is 0 Å². The smallest absolute Gasteiger partial charge is 0.406 e. The summed E-state index contributed by atoms with van der Waals surface area (Å²) in [5.74, 6) is -0.698. The Morgan fingerprint density at radius 2 is 2.05 bits per heavy atom. The van der Waals surface area contributed by atoms with E-state index in [1.807, 2.05) is 0 Å². The molecule has 2 N–H and O–H groups in total. The average molecular weight is 286 g/mol. The van der Waals surface area contributed by atoms with E-state index in [9.17, 15) is 18.0 Å². The van der Waals surface area contributed by atoms with Gasteiger partial charge in [0.05, 0.1) is 0 Å². The lowest BCUT2D eigenvalue weighted by Crippen LogP contribution is -2.36. The number of halogens is 3. The van der Waals surface area contributed by atoms with Crippen molar-refractivity contribution in [3.05, 3.63) is 35.4 Å². The minimum absolute atomic E-state index is 0.254. The molecule has 1 aromatic carbocycles. The molecule has 0 spiro atoms. The van der Waals surface area contributed by atoms with Crippen LogP contribution in [-0.4, -0.2) is 25.4 Å². The molecule has 2 rings (SSSR count). The fourth-order valence-corrected chi connectivity index (χ4v) is 1.67. The van der Waals surface area contributed by atoms with Crippen LogP contribution in [0.4, 0.5) is 18.9 Å². The van der Waals surface area contributed by atoms with Gasteiger partial charge in [-0.25, -0.2) is 0 Å². The van der Waals surface area contributed by atoms with Crippen LogP contribution in [0.5, 0.6) is 5.75 Å². The molecule has 4 nitrogen and oxygen atoms in total. The lowest BCUT2D eigenvalue weighted by molar-refractivity contribution is -0.274. The third-order valence-corrected chi connectivity index (χ3v) is 2.87. The van der Waals surface area contributed by atoms with E-state index in [1.165, 1.54) is 18.2 Å². The Morgan fingerprint density at radius 1 is 1.35 bits per heavy atom. The molecule has 0 atom stereocenters. The highest BCUT2D eigenvalue weighted by Crippen LogP contribution is 2.25. The van der Waals surface area contributed by atoms with Crippen LogP contribution in [0.3, 0.4) is 0 Å². The number of nitrogens with one attached hydrogen (secondary N) is 2. The maximum Gasteiger partial charge on any atom is 0.573 e. The van der Waals surface area contributed by atoms with Gasteiger partial charge < -0.3 is 15.4 Å². The number of anilines is 1. The fraction of sp³-hybridized carbons (Fsp3) is 0.308. The van der Waals surface area contributed by atoms with Gasteiger partial charge in [-0.2, -0.15) is 0 Å². The SMILES string of the molecule is CC(C(=O)Nc1cccc(OC(F)(F)F)c1)=C1CNC1. The number of hydrogen-bond acceptors (Lipinski definition) is 3. The van der Waals surface area contributed by atoms with Crippen molar-refractivity contribution in [3.63, 3.8) is 0 Å². The number of carbonyl (C=O) groups excluding carboxylic acids is 1. The van der Waals surface area contributed by atoms with Gasteiger partial charge in [-0.3, -0.25) is 4.79 Å².